The van der Waals surface area contributed by atoms with Gasteiger partial charge in [0.1, 0.15) is 0 Å². The van der Waals surface area contributed by atoms with Crippen LogP contribution in [0.25, 0.3) is 0 Å². The maximum Gasteiger partial charge on any atom is 0.416 e. The Morgan fingerprint density at radius 1 is 1.39 bits per heavy atom. The van der Waals surface area contributed by atoms with E-state index in [1.165, 1.54) is 6.07 Å². The summed E-state index contributed by atoms with van der Waals surface area (Å²) >= 11 is 0. The molecule has 7 heteroatoms. The molecule has 4 nitrogen and oxygen atoms in total. The largest absolute Gasteiger partial charge is 0.416 e. The van der Waals surface area contributed by atoms with Crippen LogP contribution in [-0.4, -0.2) is 24.2 Å². The number of carbonyl (C=O) groups excluding carboxylic acids is 1. The molecule has 0 aromatic heterocycles. The molecule has 0 atom stereocenters. The van der Waals surface area contributed by atoms with Crippen LogP contribution < -0.4 is 5.48 Å². The first-order valence-electron chi connectivity index (χ1n) is 5.15. The Morgan fingerprint density at radius 2 is 2.11 bits per heavy atom. The van der Waals surface area contributed by atoms with Crippen molar-refractivity contribution in [3.05, 3.63) is 35.4 Å². The fourth-order valence-electron chi connectivity index (χ4n) is 1.15. The minimum atomic E-state index is -4.49. The van der Waals surface area contributed by atoms with Crippen molar-refractivity contribution in [1.29, 1.82) is 0 Å². The molecule has 2 N–H and O–H groups in total. The maximum absolute atomic E-state index is 12.4. The summed E-state index contributed by atoms with van der Waals surface area (Å²) in [4.78, 5) is 16.1. The van der Waals surface area contributed by atoms with Crippen molar-refractivity contribution in [1.82, 2.24) is 5.48 Å². The van der Waals surface area contributed by atoms with E-state index < -0.39 is 17.6 Å². The van der Waals surface area contributed by atoms with E-state index >= 15 is 0 Å². The van der Waals surface area contributed by atoms with Crippen molar-refractivity contribution in [2.75, 3.05) is 13.2 Å². The van der Waals surface area contributed by atoms with E-state index in [2.05, 4.69) is 4.84 Å². The van der Waals surface area contributed by atoms with Crippen molar-refractivity contribution in [3.8, 4) is 0 Å². The summed E-state index contributed by atoms with van der Waals surface area (Å²) < 4.78 is 37.2. The Labute approximate surface area is 101 Å². The van der Waals surface area contributed by atoms with Gasteiger partial charge in [-0.2, -0.15) is 13.2 Å². The predicted octanol–water partition coefficient (Wildman–Crippen LogP) is 1.75. The molecule has 0 aliphatic carbocycles. The normalized spacial score (nSPS) is 11.3. The molecule has 1 aromatic carbocycles. The van der Waals surface area contributed by atoms with Gasteiger partial charge in [-0.15, -0.1) is 0 Å². The van der Waals surface area contributed by atoms with E-state index in [0.717, 1.165) is 18.2 Å². The third kappa shape index (κ3) is 4.34. The lowest BCUT2D eigenvalue weighted by atomic mass is 10.1. The first-order valence-corrected chi connectivity index (χ1v) is 5.15. The lowest BCUT2D eigenvalue weighted by Gasteiger charge is -2.09. The molecule has 18 heavy (non-hydrogen) atoms. The number of hydroxylamine groups is 1. The second-order valence-corrected chi connectivity index (χ2v) is 3.44. The highest BCUT2D eigenvalue weighted by Gasteiger charge is 2.30. The van der Waals surface area contributed by atoms with Crippen LogP contribution in [0, 0.1) is 0 Å². The molecule has 0 heterocycles. The Bertz CT molecular complexity index is 407. The maximum atomic E-state index is 12.4. The predicted molar refractivity (Wildman–Crippen MR) is 56.6 cm³/mol. The average molecular weight is 263 g/mol. The van der Waals surface area contributed by atoms with Gasteiger partial charge in [0.2, 0.25) is 0 Å². The molecular formula is C11H12F3NO3. The molecule has 100 valence electrons. The Hall–Kier alpha value is -1.60. The summed E-state index contributed by atoms with van der Waals surface area (Å²) in [7, 11) is 0. The molecule has 1 rings (SSSR count). The molecule has 0 saturated heterocycles. The van der Waals surface area contributed by atoms with Crippen LogP contribution in [0.4, 0.5) is 13.2 Å². The minimum absolute atomic E-state index is 0.0845. The summed E-state index contributed by atoms with van der Waals surface area (Å²) in [5.74, 6) is -0.765. The van der Waals surface area contributed by atoms with Crippen LogP contribution in [0.5, 0.6) is 0 Å². The van der Waals surface area contributed by atoms with E-state index in [1.807, 2.05) is 5.48 Å². The number of aliphatic hydroxyl groups excluding tert-OH is 1. The van der Waals surface area contributed by atoms with Crippen molar-refractivity contribution >= 4 is 5.91 Å². The zero-order valence-corrected chi connectivity index (χ0v) is 9.33. The number of hydrogen-bond donors (Lipinski definition) is 2. The highest BCUT2D eigenvalue weighted by molar-refractivity contribution is 5.93. The zero-order chi connectivity index (χ0) is 13.6. The van der Waals surface area contributed by atoms with Crippen molar-refractivity contribution in [2.45, 2.75) is 12.6 Å². The van der Waals surface area contributed by atoms with Gasteiger partial charge in [0.05, 0.1) is 12.2 Å². The van der Waals surface area contributed by atoms with E-state index in [0.29, 0.717) is 6.42 Å². The molecule has 1 aromatic rings. The standard InChI is InChI=1S/C11H12F3NO3/c12-11(13,14)9-4-1-3-8(7-9)10(17)15-18-6-2-5-16/h1,3-4,7,16H,2,5-6H2,(H,15,17). The van der Waals surface area contributed by atoms with Gasteiger partial charge < -0.3 is 5.11 Å². The average Bonchev–Trinajstić information content (AvgIpc) is 2.33. The molecule has 0 aliphatic heterocycles. The number of aliphatic hydroxyl groups is 1. The zero-order valence-electron chi connectivity index (χ0n) is 9.33. The molecule has 0 radical (unpaired) electrons. The molecule has 0 bridgehead atoms. The number of nitrogens with one attached hydrogen (secondary N) is 1. The molecule has 0 spiro atoms. The number of hydrogen-bond acceptors (Lipinski definition) is 3. The fourth-order valence-corrected chi connectivity index (χ4v) is 1.15. The van der Waals surface area contributed by atoms with Gasteiger partial charge in [0.25, 0.3) is 5.91 Å². The fraction of sp³-hybridized carbons (Fsp3) is 0.364. The highest BCUT2D eigenvalue weighted by Crippen LogP contribution is 2.29. The van der Waals surface area contributed by atoms with Crippen LogP contribution in [0.1, 0.15) is 22.3 Å². The van der Waals surface area contributed by atoms with E-state index in [1.54, 1.807) is 0 Å². The second kappa shape index (κ2) is 6.36. The van der Waals surface area contributed by atoms with E-state index in [9.17, 15) is 18.0 Å². The van der Waals surface area contributed by atoms with Crippen molar-refractivity contribution in [3.63, 3.8) is 0 Å². The summed E-state index contributed by atoms with van der Waals surface area (Å²) in [6.07, 6.45) is -4.17. The lowest BCUT2D eigenvalue weighted by Crippen LogP contribution is -2.24. The Kier molecular flexibility index (Phi) is 5.11. The lowest BCUT2D eigenvalue weighted by molar-refractivity contribution is -0.137. The van der Waals surface area contributed by atoms with Gasteiger partial charge in [-0.3, -0.25) is 9.63 Å². The van der Waals surface area contributed by atoms with Crippen molar-refractivity contribution < 1.29 is 27.9 Å². The minimum Gasteiger partial charge on any atom is -0.396 e. The number of amides is 1. The van der Waals surface area contributed by atoms with Gasteiger partial charge in [-0.05, 0) is 24.6 Å². The summed E-state index contributed by atoms with van der Waals surface area (Å²) in [5.41, 5.74) is 0.953. The molecule has 0 aliphatic rings. The van der Waals surface area contributed by atoms with Gasteiger partial charge >= 0.3 is 6.18 Å². The monoisotopic (exact) mass is 263 g/mol. The van der Waals surface area contributed by atoms with Gasteiger partial charge in [0.15, 0.2) is 0 Å². The molecule has 0 saturated carbocycles. The van der Waals surface area contributed by atoms with Gasteiger partial charge in [-0.1, -0.05) is 6.07 Å². The SMILES string of the molecule is O=C(NOCCCO)c1cccc(C(F)(F)F)c1. The molecule has 0 unspecified atom stereocenters. The summed E-state index contributed by atoms with van der Waals surface area (Å²) in [6.45, 7) is -0.0133. The molecule has 0 fully saturated rings. The van der Waals surface area contributed by atoms with Crippen LogP contribution in [0.2, 0.25) is 0 Å². The first-order chi connectivity index (χ1) is 8.45. The van der Waals surface area contributed by atoms with Crippen LogP contribution >= 0.6 is 0 Å². The number of alkyl halides is 3. The molecular weight excluding hydrogens is 251 g/mol. The van der Waals surface area contributed by atoms with Crippen molar-refractivity contribution in [2.24, 2.45) is 0 Å². The summed E-state index contributed by atoms with van der Waals surface area (Å²) in [6, 6.07) is 4.01. The smallest absolute Gasteiger partial charge is 0.396 e. The number of halogens is 3. The first kappa shape index (κ1) is 14.5. The number of benzene rings is 1. The van der Waals surface area contributed by atoms with Crippen LogP contribution in [0.3, 0.4) is 0 Å². The highest BCUT2D eigenvalue weighted by atomic mass is 19.4. The summed E-state index contributed by atoms with van der Waals surface area (Å²) in [5, 5.41) is 8.46. The van der Waals surface area contributed by atoms with E-state index in [-0.39, 0.29) is 18.8 Å². The van der Waals surface area contributed by atoms with Crippen LogP contribution in [0.15, 0.2) is 24.3 Å². The van der Waals surface area contributed by atoms with Gasteiger partial charge in [-0.25, -0.2) is 5.48 Å². The Balaban J connectivity index is 2.63. The molecule has 1 amide bonds. The third-order valence-electron chi connectivity index (χ3n) is 2.02. The second-order valence-electron chi connectivity index (χ2n) is 3.44. The topological polar surface area (TPSA) is 58.6 Å². The Morgan fingerprint density at radius 3 is 2.72 bits per heavy atom. The number of carbonyl (C=O) groups is 1. The van der Waals surface area contributed by atoms with Crippen LogP contribution in [-0.2, 0) is 11.0 Å². The quantitative estimate of drug-likeness (QED) is 0.628. The van der Waals surface area contributed by atoms with Gasteiger partial charge in [0, 0.05) is 12.2 Å². The number of rotatable bonds is 5. The van der Waals surface area contributed by atoms with E-state index in [4.69, 9.17) is 5.11 Å². The third-order valence-corrected chi connectivity index (χ3v) is 2.02.